The van der Waals surface area contributed by atoms with Gasteiger partial charge in [0.1, 0.15) is 6.61 Å². The first kappa shape index (κ1) is 15.4. The Morgan fingerprint density at radius 2 is 2.05 bits per heavy atom. The normalized spacial score (nSPS) is 27.2. The summed E-state index contributed by atoms with van der Waals surface area (Å²) in [5.41, 5.74) is 2.49. The third-order valence-electron chi connectivity index (χ3n) is 3.99. The highest BCUT2D eigenvalue weighted by Crippen LogP contribution is 2.32. The van der Waals surface area contributed by atoms with Crippen LogP contribution in [0.2, 0.25) is 0 Å². The molecule has 2 atom stereocenters. The van der Waals surface area contributed by atoms with Crippen molar-refractivity contribution in [1.82, 2.24) is 0 Å². The maximum atomic E-state index is 12.1. The largest absolute Gasteiger partial charge is 0.411 e. The van der Waals surface area contributed by atoms with Crippen molar-refractivity contribution in [2.75, 3.05) is 6.61 Å². The number of ether oxygens (including phenoxy) is 1. The highest BCUT2D eigenvalue weighted by Gasteiger charge is 2.29. The number of hydrogen-bond acceptors (Lipinski definition) is 1. The van der Waals surface area contributed by atoms with Crippen molar-refractivity contribution in [3.05, 3.63) is 35.5 Å². The zero-order valence-electron chi connectivity index (χ0n) is 11.7. The molecule has 0 saturated heterocycles. The number of alkyl halides is 3. The van der Waals surface area contributed by atoms with E-state index in [9.17, 15) is 13.2 Å². The number of halogens is 3. The van der Waals surface area contributed by atoms with E-state index in [0.29, 0.717) is 6.42 Å². The van der Waals surface area contributed by atoms with Gasteiger partial charge >= 0.3 is 6.18 Å². The molecule has 2 aliphatic rings. The van der Waals surface area contributed by atoms with Gasteiger partial charge in [0.05, 0.1) is 6.10 Å². The lowest BCUT2D eigenvalue weighted by atomic mass is 9.84. The molecule has 1 nitrogen and oxygen atoms in total. The predicted octanol–water partition coefficient (Wildman–Crippen LogP) is 4.96. The van der Waals surface area contributed by atoms with Crippen molar-refractivity contribution in [2.24, 2.45) is 5.92 Å². The Labute approximate surface area is 118 Å². The summed E-state index contributed by atoms with van der Waals surface area (Å²) < 4.78 is 41.1. The minimum Gasteiger partial charge on any atom is -0.364 e. The fourth-order valence-corrected chi connectivity index (χ4v) is 2.69. The van der Waals surface area contributed by atoms with Crippen LogP contribution >= 0.6 is 0 Å². The minimum atomic E-state index is -4.25. The van der Waals surface area contributed by atoms with Crippen LogP contribution in [0.4, 0.5) is 13.2 Å². The Bertz CT molecular complexity index is 418. The van der Waals surface area contributed by atoms with E-state index >= 15 is 0 Å². The Kier molecular flexibility index (Phi) is 5.08. The van der Waals surface area contributed by atoms with Crippen LogP contribution in [-0.4, -0.2) is 18.9 Å². The van der Waals surface area contributed by atoms with Gasteiger partial charge in [-0.3, -0.25) is 0 Å². The van der Waals surface area contributed by atoms with Crippen molar-refractivity contribution < 1.29 is 17.9 Å². The summed E-state index contributed by atoms with van der Waals surface area (Å²) in [4.78, 5) is 0. The van der Waals surface area contributed by atoms with Crippen LogP contribution in [-0.2, 0) is 4.74 Å². The Hall–Kier alpha value is -1.03. The Morgan fingerprint density at radius 1 is 1.25 bits per heavy atom. The molecule has 0 radical (unpaired) electrons. The van der Waals surface area contributed by atoms with Gasteiger partial charge in [-0.2, -0.15) is 13.2 Å². The van der Waals surface area contributed by atoms with Gasteiger partial charge in [0.15, 0.2) is 0 Å². The van der Waals surface area contributed by atoms with Crippen molar-refractivity contribution in [3.8, 4) is 0 Å². The lowest BCUT2D eigenvalue weighted by molar-refractivity contribution is -0.180. The molecule has 0 aromatic carbocycles. The molecule has 0 fully saturated rings. The van der Waals surface area contributed by atoms with Crippen molar-refractivity contribution >= 4 is 0 Å². The van der Waals surface area contributed by atoms with Crippen LogP contribution in [0.1, 0.15) is 39.0 Å². The first-order chi connectivity index (χ1) is 9.48. The number of rotatable bonds is 4. The molecule has 0 N–H and O–H groups in total. The van der Waals surface area contributed by atoms with Gasteiger partial charge in [-0.15, -0.1) is 0 Å². The molecule has 0 bridgehead atoms. The molecular formula is C16H21F3O. The molecule has 0 aliphatic heterocycles. The highest BCUT2D eigenvalue weighted by atomic mass is 19.4. The second-order valence-electron chi connectivity index (χ2n) is 5.50. The zero-order valence-corrected chi connectivity index (χ0v) is 11.7. The topological polar surface area (TPSA) is 9.23 Å². The quantitative estimate of drug-likeness (QED) is 0.710. The number of allylic oxidation sites excluding steroid dienone is 4. The average molecular weight is 286 g/mol. The fourth-order valence-electron chi connectivity index (χ4n) is 2.69. The summed E-state index contributed by atoms with van der Waals surface area (Å²) in [6, 6.07) is 0. The molecule has 0 amide bonds. The molecule has 20 heavy (non-hydrogen) atoms. The van der Waals surface area contributed by atoms with E-state index < -0.39 is 18.9 Å². The van der Waals surface area contributed by atoms with E-state index in [2.05, 4.69) is 13.0 Å². The van der Waals surface area contributed by atoms with Gasteiger partial charge < -0.3 is 4.74 Å². The van der Waals surface area contributed by atoms with E-state index in [-0.39, 0.29) is 0 Å². The summed E-state index contributed by atoms with van der Waals surface area (Å²) in [6.45, 7) is 1.04. The minimum absolute atomic E-state index is 0.451. The SMILES string of the molecule is CCC1CC=C(C2=CCC(OCC(F)(F)F)C=C2)CC1. The van der Waals surface area contributed by atoms with Gasteiger partial charge in [0.2, 0.25) is 0 Å². The van der Waals surface area contributed by atoms with Crippen LogP contribution in [0.3, 0.4) is 0 Å². The molecule has 2 aliphatic carbocycles. The lowest BCUT2D eigenvalue weighted by Crippen LogP contribution is -2.22. The lowest BCUT2D eigenvalue weighted by Gasteiger charge is -2.24. The molecule has 0 spiro atoms. The van der Waals surface area contributed by atoms with Crippen molar-refractivity contribution in [1.29, 1.82) is 0 Å². The molecular weight excluding hydrogens is 265 g/mol. The molecule has 0 aromatic heterocycles. The fraction of sp³-hybridized carbons (Fsp3) is 0.625. The second kappa shape index (κ2) is 6.61. The second-order valence-corrected chi connectivity index (χ2v) is 5.50. The summed E-state index contributed by atoms with van der Waals surface area (Å²) in [5.74, 6) is 0.787. The van der Waals surface area contributed by atoms with Gasteiger partial charge in [-0.1, -0.05) is 37.6 Å². The van der Waals surface area contributed by atoms with Gasteiger partial charge in [-0.05, 0) is 42.7 Å². The van der Waals surface area contributed by atoms with Gasteiger partial charge in [0.25, 0.3) is 0 Å². The van der Waals surface area contributed by atoms with E-state index in [0.717, 1.165) is 24.3 Å². The Morgan fingerprint density at radius 3 is 2.55 bits per heavy atom. The smallest absolute Gasteiger partial charge is 0.364 e. The summed E-state index contributed by atoms with van der Waals surface area (Å²) in [5, 5.41) is 0. The van der Waals surface area contributed by atoms with Crippen LogP contribution in [0.25, 0.3) is 0 Å². The monoisotopic (exact) mass is 286 g/mol. The van der Waals surface area contributed by atoms with E-state index in [1.54, 1.807) is 6.08 Å². The molecule has 0 heterocycles. The summed E-state index contributed by atoms with van der Waals surface area (Å²) >= 11 is 0. The molecule has 2 rings (SSSR count). The molecule has 112 valence electrons. The van der Waals surface area contributed by atoms with Crippen LogP contribution in [0, 0.1) is 5.92 Å². The third kappa shape index (κ3) is 4.51. The van der Waals surface area contributed by atoms with E-state index in [1.807, 2.05) is 12.2 Å². The van der Waals surface area contributed by atoms with Gasteiger partial charge in [0, 0.05) is 0 Å². The van der Waals surface area contributed by atoms with Gasteiger partial charge in [-0.25, -0.2) is 0 Å². The van der Waals surface area contributed by atoms with Crippen LogP contribution in [0.5, 0.6) is 0 Å². The third-order valence-corrected chi connectivity index (χ3v) is 3.99. The van der Waals surface area contributed by atoms with Crippen molar-refractivity contribution in [2.45, 2.75) is 51.3 Å². The molecule has 4 heteroatoms. The molecule has 0 aromatic rings. The van der Waals surface area contributed by atoms with Crippen LogP contribution in [0.15, 0.2) is 35.5 Å². The Balaban J connectivity index is 1.85. The predicted molar refractivity (Wildman–Crippen MR) is 73.4 cm³/mol. The standard InChI is InChI=1S/C16H21F3O/c1-2-12-3-5-13(6-4-12)14-7-9-15(10-8-14)20-11-16(17,18)19/h5,7-9,12,15H,2-4,6,10-11H2,1H3. The van der Waals surface area contributed by atoms with Crippen LogP contribution < -0.4 is 0 Å². The number of hydrogen-bond donors (Lipinski definition) is 0. The molecule has 2 unspecified atom stereocenters. The summed E-state index contributed by atoms with van der Waals surface area (Å²) in [6.07, 6.45) is 8.37. The van der Waals surface area contributed by atoms with E-state index in [1.165, 1.54) is 18.4 Å². The zero-order chi connectivity index (χ0) is 14.6. The maximum Gasteiger partial charge on any atom is 0.411 e. The van der Waals surface area contributed by atoms with Crippen molar-refractivity contribution in [3.63, 3.8) is 0 Å². The average Bonchev–Trinajstić information content (AvgIpc) is 2.45. The maximum absolute atomic E-state index is 12.1. The summed E-state index contributed by atoms with van der Waals surface area (Å²) in [7, 11) is 0. The first-order valence-electron chi connectivity index (χ1n) is 7.24. The molecule has 0 saturated carbocycles. The first-order valence-corrected chi connectivity index (χ1v) is 7.24. The highest BCUT2D eigenvalue weighted by molar-refractivity contribution is 5.42. The van der Waals surface area contributed by atoms with E-state index in [4.69, 9.17) is 4.74 Å².